The number of hydrogen-bond donors (Lipinski definition) is 2. The van der Waals surface area contributed by atoms with Gasteiger partial charge in [-0.2, -0.15) is 4.31 Å². The zero-order chi connectivity index (χ0) is 14.1. The van der Waals surface area contributed by atoms with E-state index in [0.29, 0.717) is 25.6 Å². The summed E-state index contributed by atoms with van der Waals surface area (Å²) in [5.41, 5.74) is 1.79. The largest absolute Gasteiger partial charge is 0.378 e. The minimum Gasteiger partial charge on any atom is -0.378 e. The number of sulfonamides is 1. The average molecular weight is 286 g/mol. The molecule has 1 fully saturated rings. The number of nitrogen functional groups attached to an aromatic ring is 1. The first kappa shape index (κ1) is 14.2. The highest BCUT2D eigenvalue weighted by Crippen LogP contribution is 2.27. The summed E-state index contributed by atoms with van der Waals surface area (Å²) >= 11 is 0. The van der Waals surface area contributed by atoms with Crippen LogP contribution in [0.25, 0.3) is 0 Å². The zero-order valence-electron chi connectivity index (χ0n) is 11.0. The Hall–Kier alpha value is -1.22. The van der Waals surface area contributed by atoms with E-state index in [1.807, 2.05) is 13.8 Å². The van der Waals surface area contributed by atoms with E-state index in [0.717, 1.165) is 0 Å². The van der Waals surface area contributed by atoms with Crippen molar-refractivity contribution in [2.75, 3.05) is 25.2 Å². The van der Waals surface area contributed by atoms with E-state index in [9.17, 15) is 8.42 Å². The first-order chi connectivity index (χ1) is 8.88. The lowest BCUT2D eigenvalue weighted by Crippen LogP contribution is -2.55. The lowest BCUT2D eigenvalue weighted by molar-refractivity contribution is -0.00771. The maximum absolute atomic E-state index is 12.6. The number of nitrogens with two attached hydrogens (primary N) is 1. The second kappa shape index (κ2) is 5.04. The molecule has 0 radical (unpaired) electrons. The van der Waals surface area contributed by atoms with Crippen LogP contribution in [-0.2, 0) is 14.8 Å². The standard InChI is InChI=1S/C11H18N4O3S/c1-11(2)8-18-6-5-15(11)19(16,17)9-3-4-10(14-12)13-7-9/h3-4,7H,5-6,8,12H2,1-2H3,(H,13,14). The van der Waals surface area contributed by atoms with Crippen LogP contribution in [0.3, 0.4) is 0 Å². The van der Waals surface area contributed by atoms with Crippen molar-refractivity contribution in [2.45, 2.75) is 24.3 Å². The molecule has 1 aliphatic rings. The van der Waals surface area contributed by atoms with E-state index in [1.165, 1.54) is 22.6 Å². The van der Waals surface area contributed by atoms with Crippen molar-refractivity contribution in [3.63, 3.8) is 0 Å². The summed E-state index contributed by atoms with van der Waals surface area (Å²) in [7, 11) is -3.57. The van der Waals surface area contributed by atoms with E-state index < -0.39 is 15.6 Å². The van der Waals surface area contributed by atoms with Crippen LogP contribution < -0.4 is 11.3 Å². The second-order valence-corrected chi connectivity index (χ2v) is 6.83. The zero-order valence-corrected chi connectivity index (χ0v) is 11.8. The molecular formula is C11H18N4O3S. The van der Waals surface area contributed by atoms with Crippen LogP contribution in [-0.4, -0.2) is 43.0 Å². The van der Waals surface area contributed by atoms with Gasteiger partial charge in [0.1, 0.15) is 10.7 Å². The molecule has 0 amide bonds. The number of hydrogen-bond acceptors (Lipinski definition) is 6. The molecule has 2 rings (SSSR count). The summed E-state index contributed by atoms with van der Waals surface area (Å²) in [6.45, 7) is 4.80. The number of aromatic nitrogens is 1. The molecule has 1 aliphatic heterocycles. The van der Waals surface area contributed by atoms with Gasteiger partial charge in [-0.1, -0.05) is 0 Å². The molecule has 3 N–H and O–H groups in total. The van der Waals surface area contributed by atoms with Crippen molar-refractivity contribution in [1.82, 2.24) is 9.29 Å². The Morgan fingerprint density at radius 1 is 1.47 bits per heavy atom. The van der Waals surface area contributed by atoms with Crippen molar-refractivity contribution >= 4 is 15.8 Å². The molecule has 0 saturated carbocycles. The molecule has 0 unspecified atom stereocenters. The first-order valence-electron chi connectivity index (χ1n) is 5.91. The number of pyridine rings is 1. The van der Waals surface area contributed by atoms with Gasteiger partial charge < -0.3 is 10.2 Å². The Balaban J connectivity index is 2.35. The molecule has 1 saturated heterocycles. The van der Waals surface area contributed by atoms with Gasteiger partial charge in [0, 0.05) is 12.7 Å². The SMILES string of the molecule is CC1(C)COCCN1S(=O)(=O)c1ccc(NN)nc1. The fraction of sp³-hybridized carbons (Fsp3) is 0.545. The third-order valence-corrected chi connectivity index (χ3v) is 5.14. The molecular weight excluding hydrogens is 268 g/mol. The van der Waals surface area contributed by atoms with Gasteiger partial charge in [-0.05, 0) is 26.0 Å². The molecule has 0 spiro atoms. The molecule has 8 heteroatoms. The van der Waals surface area contributed by atoms with Crippen LogP contribution in [0.1, 0.15) is 13.8 Å². The predicted molar refractivity (Wildman–Crippen MR) is 70.8 cm³/mol. The van der Waals surface area contributed by atoms with Crippen molar-refractivity contribution < 1.29 is 13.2 Å². The van der Waals surface area contributed by atoms with Crippen LogP contribution in [0.5, 0.6) is 0 Å². The Morgan fingerprint density at radius 2 is 2.21 bits per heavy atom. The van der Waals surface area contributed by atoms with Crippen molar-refractivity contribution in [1.29, 1.82) is 0 Å². The summed E-state index contributed by atoms with van der Waals surface area (Å²) in [4.78, 5) is 4.09. The van der Waals surface area contributed by atoms with Gasteiger partial charge in [-0.15, -0.1) is 0 Å². The maximum atomic E-state index is 12.6. The molecule has 2 heterocycles. The fourth-order valence-corrected chi connectivity index (χ4v) is 3.73. The number of anilines is 1. The predicted octanol–water partition coefficient (Wildman–Crippen LogP) is 0.167. The summed E-state index contributed by atoms with van der Waals surface area (Å²) in [5, 5.41) is 0. The van der Waals surface area contributed by atoms with Gasteiger partial charge in [-0.25, -0.2) is 19.2 Å². The molecule has 0 bridgehead atoms. The van der Waals surface area contributed by atoms with E-state index >= 15 is 0 Å². The van der Waals surface area contributed by atoms with Crippen LogP contribution in [0, 0.1) is 0 Å². The Bertz CT molecular complexity index is 542. The minimum atomic E-state index is -3.57. The highest BCUT2D eigenvalue weighted by atomic mass is 32.2. The molecule has 0 aliphatic carbocycles. The van der Waals surface area contributed by atoms with E-state index in [1.54, 1.807) is 0 Å². The number of ether oxygens (including phenoxy) is 1. The molecule has 0 atom stereocenters. The van der Waals surface area contributed by atoms with E-state index in [4.69, 9.17) is 10.6 Å². The number of hydrazine groups is 1. The molecule has 1 aromatic rings. The van der Waals surface area contributed by atoms with Crippen molar-refractivity contribution in [3.05, 3.63) is 18.3 Å². The maximum Gasteiger partial charge on any atom is 0.245 e. The molecule has 0 aromatic carbocycles. The van der Waals surface area contributed by atoms with Crippen LogP contribution in [0.4, 0.5) is 5.82 Å². The van der Waals surface area contributed by atoms with Gasteiger partial charge in [0.15, 0.2) is 0 Å². The summed E-state index contributed by atoms with van der Waals surface area (Å²) < 4.78 is 32.0. The molecule has 1 aromatic heterocycles. The third kappa shape index (κ3) is 2.71. The number of nitrogens with one attached hydrogen (secondary N) is 1. The normalized spacial score (nSPS) is 20.2. The number of morpholine rings is 1. The summed E-state index contributed by atoms with van der Waals surface area (Å²) in [6.07, 6.45) is 1.30. The van der Waals surface area contributed by atoms with E-state index in [-0.39, 0.29) is 4.90 Å². The van der Waals surface area contributed by atoms with Crippen LogP contribution in [0.15, 0.2) is 23.2 Å². The monoisotopic (exact) mass is 286 g/mol. The first-order valence-corrected chi connectivity index (χ1v) is 7.35. The fourth-order valence-electron chi connectivity index (χ4n) is 2.04. The smallest absolute Gasteiger partial charge is 0.245 e. The van der Waals surface area contributed by atoms with Crippen LogP contribution in [0.2, 0.25) is 0 Å². The van der Waals surface area contributed by atoms with E-state index in [2.05, 4.69) is 10.4 Å². The van der Waals surface area contributed by atoms with Crippen molar-refractivity contribution in [2.24, 2.45) is 5.84 Å². The lowest BCUT2D eigenvalue weighted by Gasteiger charge is -2.40. The third-order valence-electron chi connectivity index (χ3n) is 3.04. The van der Waals surface area contributed by atoms with Gasteiger partial charge in [0.05, 0.1) is 18.8 Å². The highest BCUT2D eigenvalue weighted by Gasteiger charge is 2.39. The summed E-state index contributed by atoms with van der Waals surface area (Å²) in [5.74, 6) is 5.62. The second-order valence-electron chi connectivity index (χ2n) is 4.97. The van der Waals surface area contributed by atoms with Crippen molar-refractivity contribution in [3.8, 4) is 0 Å². The van der Waals surface area contributed by atoms with Gasteiger partial charge in [0.25, 0.3) is 0 Å². The molecule has 19 heavy (non-hydrogen) atoms. The Kier molecular flexibility index (Phi) is 3.77. The molecule has 7 nitrogen and oxygen atoms in total. The van der Waals surface area contributed by atoms with Gasteiger partial charge in [-0.3, -0.25) is 0 Å². The number of rotatable bonds is 3. The average Bonchev–Trinajstić information content (AvgIpc) is 2.38. The Labute approximate surface area is 112 Å². The minimum absolute atomic E-state index is 0.154. The summed E-state index contributed by atoms with van der Waals surface area (Å²) in [6, 6.07) is 3.02. The lowest BCUT2D eigenvalue weighted by atomic mass is 10.1. The topological polar surface area (TPSA) is 97.5 Å². The van der Waals surface area contributed by atoms with Crippen LogP contribution >= 0.6 is 0 Å². The molecule has 106 valence electrons. The highest BCUT2D eigenvalue weighted by molar-refractivity contribution is 7.89. The number of nitrogens with zero attached hydrogens (tertiary/aromatic N) is 2. The quantitative estimate of drug-likeness (QED) is 0.607. The Morgan fingerprint density at radius 3 is 2.74 bits per heavy atom. The van der Waals surface area contributed by atoms with Gasteiger partial charge >= 0.3 is 0 Å². The van der Waals surface area contributed by atoms with Gasteiger partial charge in [0.2, 0.25) is 10.0 Å².